The van der Waals surface area contributed by atoms with Crippen molar-refractivity contribution in [1.29, 1.82) is 0 Å². The largest absolute Gasteiger partial charge is 0.480 e. The number of hydrogen-bond acceptors (Lipinski definition) is 4. The van der Waals surface area contributed by atoms with Crippen LogP contribution in [0.3, 0.4) is 0 Å². The molecule has 1 aliphatic rings. The number of carbonyl (C=O) groups excluding carboxylic acids is 1. The van der Waals surface area contributed by atoms with Crippen molar-refractivity contribution in [2.24, 2.45) is 0 Å². The summed E-state index contributed by atoms with van der Waals surface area (Å²) in [6, 6.07) is 3.49. The van der Waals surface area contributed by atoms with Gasteiger partial charge in [-0.15, -0.1) is 0 Å². The highest BCUT2D eigenvalue weighted by Gasteiger charge is 2.33. The van der Waals surface area contributed by atoms with Crippen molar-refractivity contribution in [1.82, 2.24) is 19.9 Å². The van der Waals surface area contributed by atoms with Gasteiger partial charge in [0.1, 0.15) is 11.4 Å². The maximum absolute atomic E-state index is 12.8. The second kappa shape index (κ2) is 5.55. The molecule has 1 saturated heterocycles. The minimum absolute atomic E-state index is 0.00360. The van der Waals surface area contributed by atoms with E-state index in [4.69, 9.17) is 4.74 Å². The van der Waals surface area contributed by atoms with Gasteiger partial charge in [0, 0.05) is 24.6 Å². The summed E-state index contributed by atoms with van der Waals surface area (Å²) in [6.45, 7) is 2.68. The number of methoxy groups -OCH3 is 1. The summed E-state index contributed by atoms with van der Waals surface area (Å²) in [4.78, 5) is 26.3. The predicted molar refractivity (Wildman–Crippen MR) is 77.1 cm³/mol. The second-order valence-electron chi connectivity index (χ2n) is 5.17. The van der Waals surface area contributed by atoms with Gasteiger partial charge in [-0.2, -0.15) is 0 Å². The number of aromatic amines is 1. The summed E-state index contributed by atoms with van der Waals surface area (Å²) < 4.78 is 5.19. The summed E-state index contributed by atoms with van der Waals surface area (Å²) in [5, 5.41) is 0. The summed E-state index contributed by atoms with van der Waals surface area (Å²) in [5.41, 5.74) is 1.50. The van der Waals surface area contributed by atoms with Gasteiger partial charge in [0.05, 0.1) is 13.2 Å². The molecular weight excluding hydrogens is 268 g/mol. The van der Waals surface area contributed by atoms with Crippen LogP contribution in [0.15, 0.2) is 24.5 Å². The SMILES string of the molecule is COc1ncccc1C(=O)N1CCC[C@H]1c1ncc(C)[nH]1. The third kappa shape index (κ3) is 2.49. The molecule has 1 aliphatic heterocycles. The Morgan fingerprint density at radius 2 is 2.33 bits per heavy atom. The zero-order chi connectivity index (χ0) is 14.8. The van der Waals surface area contributed by atoms with Gasteiger partial charge in [0.2, 0.25) is 5.88 Å². The average Bonchev–Trinajstić information content (AvgIpc) is 3.14. The molecule has 3 heterocycles. The van der Waals surface area contributed by atoms with E-state index in [1.165, 1.54) is 7.11 Å². The first-order valence-corrected chi connectivity index (χ1v) is 7.02. The van der Waals surface area contributed by atoms with Gasteiger partial charge in [-0.3, -0.25) is 4.79 Å². The Labute approximate surface area is 123 Å². The maximum atomic E-state index is 12.8. The first-order valence-electron chi connectivity index (χ1n) is 7.02. The molecule has 21 heavy (non-hydrogen) atoms. The summed E-state index contributed by atoms with van der Waals surface area (Å²) >= 11 is 0. The van der Waals surface area contributed by atoms with Crippen molar-refractivity contribution in [3.8, 4) is 5.88 Å². The Hall–Kier alpha value is -2.37. The van der Waals surface area contributed by atoms with Gasteiger partial charge in [0.25, 0.3) is 5.91 Å². The molecule has 1 fully saturated rings. The van der Waals surface area contributed by atoms with E-state index >= 15 is 0 Å². The van der Waals surface area contributed by atoms with Crippen LogP contribution >= 0.6 is 0 Å². The Kier molecular flexibility index (Phi) is 3.60. The molecule has 6 nitrogen and oxygen atoms in total. The maximum Gasteiger partial charge on any atom is 0.259 e. The smallest absolute Gasteiger partial charge is 0.259 e. The van der Waals surface area contributed by atoms with Crippen LogP contribution in [-0.2, 0) is 0 Å². The van der Waals surface area contributed by atoms with E-state index in [0.717, 1.165) is 30.9 Å². The van der Waals surface area contributed by atoms with Crippen molar-refractivity contribution in [2.75, 3.05) is 13.7 Å². The van der Waals surface area contributed by atoms with Crippen LogP contribution in [-0.4, -0.2) is 39.4 Å². The number of imidazole rings is 1. The predicted octanol–water partition coefficient (Wildman–Crippen LogP) is 2.10. The zero-order valence-corrected chi connectivity index (χ0v) is 12.2. The summed E-state index contributed by atoms with van der Waals surface area (Å²) in [7, 11) is 1.52. The second-order valence-corrected chi connectivity index (χ2v) is 5.17. The van der Waals surface area contributed by atoms with Crippen LogP contribution in [0, 0.1) is 6.92 Å². The first kappa shape index (κ1) is 13.6. The highest BCUT2D eigenvalue weighted by Crippen LogP contribution is 2.32. The highest BCUT2D eigenvalue weighted by atomic mass is 16.5. The number of aryl methyl sites for hydroxylation is 1. The zero-order valence-electron chi connectivity index (χ0n) is 12.2. The average molecular weight is 286 g/mol. The quantitative estimate of drug-likeness (QED) is 0.938. The van der Waals surface area contributed by atoms with Crippen molar-refractivity contribution in [2.45, 2.75) is 25.8 Å². The van der Waals surface area contributed by atoms with Gasteiger partial charge in [-0.05, 0) is 31.9 Å². The molecule has 0 unspecified atom stereocenters. The van der Waals surface area contributed by atoms with Crippen LogP contribution in [0.4, 0.5) is 0 Å². The fourth-order valence-electron chi connectivity index (χ4n) is 2.77. The number of likely N-dealkylation sites (tertiary alicyclic amines) is 1. The molecule has 110 valence electrons. The Bertz CT molecular complexity index is 653. The lowest BCUT2D eigenvalue weighted by molar-refractivity contribution is 0.0726. The van der Waals surface area contributed by atoms with E-state index in [0.29, 0.717) is 11.4 Å². The topological polar surface area (TPSA) is 71.1 Å². The monoisotopic (exact) mass is 286 g/mol. The van der Waals surface area contributed by atoms with E-state index in [-0.39, 0.29) is 11.9 Å². The van der Waals surface area contributed by atoms with Crippen LogP contribution < -0.4 is 4.74 Å². The number of nitrogens with zero attached hydrogens (tertiary/aromatic N) is 3. The molecule has 0 spiro atoms. The molecule has 1 atom stereocenters. The number of nitrogens with one attached hydrogen (secondary N) is 1. The fourth-order valence-corrected chi connectivity index (χ4v) is 2.77. The van der Waals surface area contributed by atoms with Crippen LogP contribution in [0.5, 0.6) is 5.88 Å². The number of H-pyrrole nitrogens is 1. The molecule has 6 heteroatoms. The lowest BCUT2D eigenvalue weighted by Crippen LogP contribution is -2.31. The molecule has 1 amide bonds. The molecular formula is C15H18N4O2. The number of amides is 1. The van der Waals surface area contributed by atoms with E-state index in [9.17, 15) is 4.79 Å². The van der Waals surface area contributed by atoms with Crippen LogP contribution in [0.25, 0.3) is 0 Å². The molecule has 0 saturated carbocycles. The van der Waals surface area contributed by atoms with E-state index < -0.39 is 0 Å². The Balaban J connectivity index is 1.89. The number of pyridine rings is 1. The first-order chi connectivity index (χ1) is 10.2. The number of rotatable bonds is 3. The molecule has 0 aliphatic carbocycles. The molecule has 0 aromatic carbocycles. The molecule has 1 N–H and O–H groups in total. The van der Waals surface area contributed by atoms with Gasteiger partial charge in [0.15, 0.2) is 0 Å². The van der Waals surface area contributed by atoms with Crippen molar-refractivity contribution >= 4 is 5.91 Å². The third-order valence-electron chi connectivity index (χ3n) is 3.75. The van der Waals surface area contributed by atoms with Gasteiger partial charge >= 0.3 is 0 Å². The standard InChI is InChI=1S/C15H18N4O2/c1-10-9-17-13(18-10)12-6-4-8-19(12)15(20)11-5-3-7-16-14(11)21-2/h3,5,7,9,12H,4,6,8H2,1-2H3,(H,17,18)/t12-/m0/s1. The number of aromatic nitrogens is 3. The molecule has 0 radical (unpaired) electrons. The fraction of sp³-hybridized carbons (Fsp3) is 0.400. The number of ether oxygens (including phenoxy) is 1. The lowest BCUT2D eigenvalue weighted by Gasteiger charge is -2.23. The lowest BCUT2D eigenvalue weighted by atomic mass is 10.2. The Morgan fingerprint density at radius 3 is 3.05 bits per heavy atom. The van der Waals surface area contributed by atoms with Gasteiger partial charge < -0.3 is 14.6 Å². The van der Waals surface area contributed by atoms with Crippen molar-refractivity contribution < 1.29 is 9.53 Å². The minimum Gasteiger partial charge on any atom is -0.480 e. The number of carbonyl (C=O) groups is 1. The summed E-state index contributed by atoms with van der Waals surface area (Å²) in [6.07, 6.45) is 5.30. The Morgan fingerprint density at radius 1 is 1.48 bits per heavy atom. The van der Waals surface area contributed by atoms with Gasteiger partial charge in [-0.25, -0.2) is 9.97 Å². The molecule has 0 bridgehead atoms. The highest BCUT2D eigenvalue weighted by molar-refractivity contribution is 5.96. The van der Waals surface area contributed by atoms with Crippen molar-refractivity contribution in [3.05, 3.63) is 41.6 Å². The summed E-state index contributed by atoms with van der Waals surface area (Å²) in [5.74, 6) is 1.15. The van der Waals surface area contributed by atoms with Crippen LogP contribution in [0.1, 0.15) is 40.8 Å². The van der Waals surface area contributed by atoms with Crippen LogP contribution in [0.2, 0.25) is 0 Å². The minimum atomic E-state index is -0.0588. The van der Waals surface area contributed by atoms with E-state index in [1.807, 2.05) is 11.8 Å². The molecule has 3 rings (SSSR count). The van der Waals surface area contributed by atoms with Crippen molar-refractivity contribution in [3.63, 3.8) is 0 Å². The normalized spacial score (nSPS) is 18.0. The van der Waals surface area contributed by atoms with E-state index in [2.05, 4.69) is 15.0 Å². The molecule has 2 aromatic rings. The van der Waals surface area contributed by atoms with E-state index in [1.54, 1.807) is 24.5 Å². The number of hydrogen-bond donors (Lipinski definition) is 1. The third-order valence-corrected chi connectivity index (χ3v) is 3.75. The van der Waals surface area contributed by atoms with Gasteiger partial charge in [-0.1, -0.05) is 0 Å². The molecule has 2 aromatic heterocycles.